The molecule has 20 heavy (non-hydrogen) atoms. The number of carbonyl (C=O) groups excluding carboxylic acids is 1. The van der Waals surface area contributed by atoms with Gasteiger partial charge in [-0.15, -0.1) is 0 Å². The molecule has 0 bridgehead atoms. The van der Waals surface area contributed by atoms with Crippen molar-refractivity contribution in [1.29, 1.82) is 0 Å². The van der Waals surface area contributed by atoms with Crippen LogP contribution in [-0.4, -0.2) is 44.5 Å². The van der Waals surface area contributed by atoms with Crippen LogP contribution in [0.4, 0.5) is 0 Å². The van der Waals surface area contributed by atoms with Crippen LogP contribution < -0.4 is 14.8 Å². The Morgan fingerprint density at radius 2 is 2.10 bits per heavy atom. The van der Waals surface area contributed by atoms with Crippen molar-refractivity contribution in [1.82, 2.24) is 5.32 Å². The summed E-state index contributed by atoms with van der Waals surface area (Å²) < 4.78 is 15.5. The lowest BCUT2D eigenvalue weighted by Gasteiger charge is -2.24. The quantitative estimate of drug-likeness (QED) is 0.771. The van der Waals surface area contributed by atoms with Crippen molar-refractivity contribution in [2.24, 2.45) is 0 Å². The molecule has 1 aromatic rings. The number of carbonyl (C=O) groups is 1. The molecule has 2 atom stereocenters. The molecule has 1 aliphatic heterocycles. The zero-order valence-corrected chi connectivity index (χ0v) is 11.6. The smallest absolute Gasteiger partial charge is 0.307 e. The third kappa shape index (κ3) is 3.20. The van der Waals surface area contributed by atoms with Gasteiger partial charge in [-0.25, -0.2) is 0 Å². The Bertz CT molecular complexity index is 477. The first-order valence-corrected chi connectivity index (χ1v) is 6.47. The van der Waals surface area contributed by atoms with Gasteiger partial charge >= 0.3 is 5.97 Å². The van der Waals surface area contributed by atoms with E-state index in [1.165, 1.54) is 7.11 Å². The number of hydrogen-bond donors (Lipinski definition) is 2. The minimum Gasteiger partial charge on any atom is -0.486 e. The fraction of sp³-hybridized carbons (Fsp3) is 0.500. The first-order chi connectivity index (χ1) is 9.65. The molecule has 2 unspecified atom stereocenters. The van der Waals surface area contributed by atoms with Gasteiger partial charge in [-0.2, -0.15) is 0 Å². The molecule has 0 aromatic heterocycles. The number of ether oxygens (including phenoxy) is 3. The Kier molecular flexibility index (Phi) is 4.81. The minimum atomic E-state index is -0.838. The van der Waals surface area contributed by atoms with Crippen molar-refractivity contribution in [3.8, 4) is 11.5 Å². The summed E-state index contributed by atoms with van der Waals surface area (Å²) in [6.07, 6.45) is -0.752. The molecule has 0 aliphatic carbocycles. The van der Waals surface area contributed by atoms with E-state index in [1.807, 2.05) is 0 Å². The maximum absolute atomic E-state index is 11.3. The highest BCUT2D eigenvalue weighted by Crippen LogP contribution is 2.33. The number of aliphatic hydroxyl groups excluding tert-OH is 1. The highest BCUT2D eigenvalue weighted by molar-refractivity contribution is 5.70. The third-order valence-electron chi connectivity index (χ3n) is 3.27. The van der Waals surface area contributed by atoms with E-state index in [1.54, 1.807) is 25.2 Å². The molecule has 0 saturated carbocycles. The number of hydrogen-bond acceptors (Lipinski definition) is 6. The summed E-state index contributed by atoms with van der Waals surface area (Å²) in [5.74, 6) is 0.905. The van der Waals surface area contributed by atoms with Gasteiger partial charge in [0.05, 0.1) is 19.6 Å². The van der Waals surface area contributed by atoms with Crippen LogP contribution in [0.5, 0.6) is 11.5 Å². The number of rotatable bonds is 5. The Balaban J connectivity index is 2.14. The number of likely N-dealkylation sites (N-methyl/N-ethyl adjacent to an activating group) is 1. The van der Waals surface area contributed by atoms with Crippen LogP contribution in [0.15, 0.2) is 18.2 Å². The topological polar surface area (TPSA) is 77.0 Å². The first kappa shape index (κ1) is 14.6. The fourth-order valence-corrected chi connectivity index (χ4v) is 2.11. The summed E-state index contributed by atoms with van der Waals surface area (Å²) in [5.41, 5.74) is 0.664. The molecule has 1 heterocycles. The maximum Gasteiger partial charge on any atom is 0.307 e. The van der Waals surface area contributed by atoms with Crippen LogP contribution in [0, 0.1) is 0 Å². The Morgan fingerprint density at radius 3 is 2.75 bits per heavy atom. The highest BCUT2D eigenvalue weighted by Gasteiger charge is 2.24. The van der Waals surface area contributed by atoms with Crippen molar-refractivity contribution in [2.45, 2.75) is 18.6 Å². The standard InChI is InChI=1S/C14H19NO5/c1-15-10(8-13(16)18-2)14(17)9-3-4-11-12(7-9)20-6-5-19-11/h3-4,7,10,14-15,17H,5-6,8H2,1-2H3. The zero-order chi connectivity index (χ0) is 14.5. The van der Waals surface area contributed by atoms with Crippen molar-refractivity contribution in [3.63, 3.8) is 0 Å². The largest absolute Gasteiger partial charge is 0.486 e. The predicted octanol–water partition coefficient (Wildman–Crippen LogP) is 0.642. The summed E-state index contributed by atoms with van der Waals surface area (Å²) in [5, 5.41) is 13.3. The van der Waals surface area contributed by atoms with Gasteiger partial charge in [0.1, 0.15) is 13.2 Å². The molecule has 2 rings (SSSR count). The van der Waals surface area contributed by atoms with Crippen LogP contribution in [0.3, 0.4) is 0 Å². The lowest BCUT2D eigenvalue weighted by molar-refractivity contribution is -0.142. The molecule has 1 aromatic carbocycles. The molecule has 0 radical (unpaired) electrons. The number of fused-ring (bicyclic) bond motifs is 1. The Hall–Kier alpha value is -1.79. The third-order valence-corrected chi connectivity index (χ3v) is 3.27. The van der Waals surface area contributed by atoms with E-state index in [-0.39, 0.29) is 12.4 Å². The van der Waals surface area contributed by atoms with Gasteiger partial charge in [-0.1, -0.05) is 6.07 Å². The molecular weight excluding hydrogens is 262 g/mol. The fourth-order valence-electron chi connectivity index (χ4n) is 2.11. The second-order valence-electron chi connectivity index (χ2n) is 4.52. The van der Waals surface area contributed by atoms with Crippen LogP contribution in [0.25, 0.3) is 0 Å². The molecule has 2 N–H and O–H groups in total. The van der Waals surface area contributed by atoms with Gasteiger partial charge in [0.2, 0.25) is 0 Å². The Morgan fingerprint density at radius 1 is 1.40 bits per heavy atom. The molecule has 110 valence electrons. The SMILES string of the molecule is CNC(CC(=O)OC)C(O)c1ccc2c(c1)OCCO2. The summed E-state index contributed by atoms with van der Waals surface area (Å²) in [4.78, 5) is 11.3. The van der Waals surface area contributed by atoms with E-state index in [0.717, 1.165) is 0 Å². The normalized spacial score (nSPS) is 16.4. The van der Waals surface area contributed by atoms with Gasteiger partial charge in [0, 0.05) is 6.04 Å². The van der Waals surface area contributed by atoms with E-state index < -0.39 is 12.1 Å². The second-order valence-corrected chi connectivity index (χ2v) is 4.52. The van der Waals surface area contributed by atoms with Gasteiger partial charge in [-0.3, -0.25) is 4.79 Å². The van der Waals surface area contributed by atoms with Crippen molar-refractivity contribution < 1.29 is 24.1 Å². The maximum atomic E-state index is 11.3. The van der Waals surface area contributed by atoms with Crippen molar-refractivity contribution >= 4 is 5.97 Å². The van der Waals surface area contributed by atoms with E-state index in [9.17, 15) is 9.90 Å². The lowest BCUT2D eigenvalue weighted by atomic mass is 9.99. The minimum absolute atomic E-state index is 0.0859. The second kappa shape index (κ2) is 6.58. The van der Waals surface area contributed by atoms with Gasteiger partial charge in [-0.05, 0) is 24.7 Å². The van der Waals surface area contributed by atoms with Gasteiger partial charge < -0.3 is 24.6 Å². The Labute approximate surface area is 117 Å². The molecule has 0 amide bonds. The summed E-state index contributed by atoms with van der Waals surface area (Å²) in [6.45, 7) is 1.01. The summed E-state index contributed by atoms with van der Waals surface area (Å²) in [6, 6.07) is 4.84. The molecular formula is C14H19NO5. The summed E-state index contributed by atoms with van der Waals surface area (Å²) in [7, 11) is 3.01. The molecule has 6 heteroatoms. The molecule has 0 saturated heterocycles. The van der Waals surface area contributed by atoms with Crippen LogP contribution in [0.2, 0.25) is 0 Å². The monoisotopic (exact) mass is 281 g/mol. The lowest BCUT2D eigenvalue weighted by Crippen LogP contribution is -2.34. The average molecular weight is 281 g/mol. The first-order valence-electron chi connectivity index (χ1n) is 6.47. The number of nitrogens with one attached hydrogen (secondary N) is 1. The van der Waals surface area contributed by atoms with E-state index in [2.05, 4.69) is 10.1 Å². The molecule has 0 fully saturated rings. The van der Waals surface area contributed by atoms with E-state index in [4.69, 9.17) is 9.47 Å². The number of methoxy groups -OCH3 is 1. The molecule has 6 nitrogen and oxygen atoms in total. The molecule has 1 aliphatic rings. The van der Waals surface area contributed by atoms with E-state index >= 15 is 0 Å². The van der Waals surface area contributed by atoms with Gasteiger partial charge in [0.25, 0.3) is 0 Å². The number of aliphatic hydroxyl groups is 1. The van der Waals surface area contributed by atoms with Crippen molar-refractivity contribution in [2.75, 3.05) is 27.4 Å². The van der Waals surface area contributed by atoms with Crippen LogP contribution >= 0.6 is 0 Å². The zero-order valence-electron chi connectivity index (χ0n) is 11.6. The highest BCUT2D eigenvalue weighted by atomic mass is 16.6. The van der Waals surface area contributed by atoms with E-state index in [0.29, 0.717) is 30.3 Å². The number of esters is 1. The average Bonchev–Trinajstić information content (AvgIpc) is 2.51. The summed E-state index contributed by atoms with van der Waals surface area (Å²) >= 11 is 0. The molecule has 0 spiro atoms. The van der Waals surface area contributed by atoms with Crippen LogP contribution in [-0.2, 0) is 9.53 Å². The number of benzene rings is 1. The predicted molar refractivity (Wildman–Crippen MR) is 71.9 cm³/mol. The van der Waals surface area contributed by atoms with Crippen LogP contribution in [0.1, 0.15) is 18.1 Å². The van der Waals surface area contributed by atoms with Gasteiger partial charge in [0.15, 0.2) is 11.5 Å². The van der Waals surface area contributed by atoms with Crippen molar-refractivity contribution in [3.05, 3.63) is 23.8 Å².